The number of nitrogens with one attached hydrogen (secondary N) is 1. The number of carbonyl (C=O) groups is 1. The first kappa shape index (κ1) is 18.0. The lowest BCUT2D eigenvalue weighted by Gasteiger charge is -2.05. The Hall–Kier alpha value is -2.37. The number of aryl methyl sites for hydroxylation is 2. The van der Waals surface area contributed by atoms with Gasteiger partial charge in [0.2, 0.25) is 11.8 Å². The largest absolute Gasteiger partial charge is 0.494 e. The second-order valence-electron chi connectivity index (χ2n) is 5.75. The van der Waals surface area contributed by atoms with Gasteiger partial charge < -0.3 is 14.6 Å². The number of carbonyl (C=O) groups excluding carboxylic acids is 1. The Bertz CT molecular complexity index is 640. The van der Waals surface area contributed by atoms with Crippen molar-refractivity contribution in [2.75, 3.05) is 13.2 Å². The summed E-state index contributed by atoms with van der Waals surface area (Å²) in [6, 6.07) is 7.95. The van der Waals surface area contributed by atoms with Gasteiger partial charge in [-0.05, 0) is 37.5 Å². The number of aromatic nitrogens is 2. The molecule has 6 heteroatoms. The topological polar surface area (TPSA) is 77.2 Å². The van der Waals surface area contributed by atoms with E-state index < -0.39 is 0 Å². The summed E-state index contributed by atoms with van der Waals surface area (Å²) in [5, 5.41) is 6.68. The molecule has 2 rings (SSSR count). The first-order valence-corrected chi connectivity index (χ1v) is 8.45. The summed E-state index contributed by atoms with van der Waals surface area (Å²) in [4.78, 5) is 15.9. The minimum Gasteiger partial charge on any atom is -0.494 e. The van der Waals surface area contributed by atoms with Gasteiger partial charge in [0, 0.05) is 13.0 Å². The van der Waals surface area contributed by atoms with Gasteiger partial charge in [-0.15, -0.1) is 0 Å². The van der Waals surface area contributed by atoms with Gasteiger partial charge in [-0.3, -0.25) is 4.79 Å². The predicted molar refractivity (Wildman–Crippen MR) is 90.9 cm³/mol. The fourth-order valence-corrected chi connectivity index (χ4v) is 2.19. The van der Waals surface area contributed by atoms with E-state index in [0.29, 0.717) is 31.3 Å². The molecular formula is C18H25N3O3. The van der Waals surface area contributed by atoms with Crippen LogP contribution in [0.3, 0.4) is 0 Å². The number of hydrogen-bond donors (Lipinski definition) is 1. The Kier molecular flexibility index (Phi) is 7.26. The summed E-state index contributed by atoms with van der Waals surface area (Å²) in [5.74, 6) is 1.77. The van der Waals surface area contributed by atoms with Crippen LogP contribution in [0.4, 0.5) is 0 Å². The third-order valence-electron chi connectivity index (χ3n) is 3.47. The van der Waals surface area contributed by atoms with Crippen LogP contribution < -0.4 is 10.1 Å². The summed E-state index contributed by atoms with van der Waals surface area (Å²) >= 11 is 0. The summed E-state index contributed by atoms with van der Waals surface area (Å²) in [7, 11) is 0. The fourth-order valence-electron chi connectivity index (χ4n) is 2.19. The number of benzene rings is 1. The van der Waals surface area contributed by atoms with Crippen molar-refractivity contribution in [2.24, 2.45) is 0 Å². The SMILES string of the molecule is CCCCNC(=O)Cc1noc(CCCOc2cccc(C)c2)n1. The second kappa shape index (κ2) is 9.70. The lowest BCUT2D eigenvalue weighted by atomic mass is 10.2. The van der Waals surface area contributed by atoms with Crippen LogP contribution in [0, 0.1) is 6.92 Å². The molecule has 1 heterocycles. The number of ether oxygens (including phenoxy) is 1. The normalized spacial score (nSPS) is 10.6. The molecule has 0 radical (unpaired) electrons. The van der Waals surface area contributed by atoms with Crippen LogP contribution in [0.2, 0.25) is 0 Å². The Labute approximate surface area is 142 Å². The zero-order valence-corrected chi connectivity index (χ0v) is 14.4. The number of rotatable bonds is 10. The zero-order valence-electron chi connectivity index (χ0n) is 14.4. The van der Waals surface area contributed by atoms with Gasteiger partial charge in [0.25, 0.3) is 0 Å². The van der Waals surface area contributed by atoms with E-state index in [4.69, 9.17) is 9.26 Å². The molecule has 6 nitrogen and oxygen atoms in total. The van der Waals surface area contributed by atoms with E-state index in [0.717, 1.165) is 25.0 Å². The maximum atomic E-state index is 11.7. The van der Waals surface area contributed by atoms with Crippen LogP contribution in [-0.4, -0.2) is 29.2 Å². The van der Waals surface area contributed by atoms with Crippen molar-refractivity contribution in [1.82, 2.24) is 15.5 Å². The van der Waals surface area contributed by atoms with Gasteiger partial charge in [-0.2, -0.15) is 4.98 Å². The molecule has 1 aromatic heterocycles. The Morgan fingerprint density at radius 3 is 3.00 bits per heavy atom. The summed E-state index contributed by atoms with van der Waals surface area (Å²) in [5.41, 5.74) is 1.17. The van der Waals surface area contributed by atoms with Gasteiger partial charge in [0.15, 0.2) is 5.82 Å². The molecule has 2 aromatic rings. The van der Waals surface area contributed by atoms with Crippen molar-refractivity contribution in [3.8, 4) is 5.75 Å². The molecular weight excluding hydrogens is 306 g/mol. The van der Waals surface area contributed by atoms with E-state index in [1.165, 1.54) is 5.56 Å². The molecule has 0 saturated carbocycles. The number of unbranched alkanes of at least 4 members (excludes halogenated alkanes) is 1. The lowest BCUT2D eigenvalue weighted by Crippen LogP contribution is -2.26. The molecule has 0 bridgehead atoms. The fraction of sp³-hybridized carbons (Fsp3) is 0.500. The smallest absolute Gasteiger partial charge is 0.227 e. The first-order chi connectivity index (χ1) is 11.7. The maximum Gasteiger partial charge on any atom is 0.227 e. The molecule has 130 valence electrons. The van der Waals surface area contributed by atoms with Crippen molar-refractivity contribution in [3.05, 3.63) is 41.5 Å². The number of nitrogens with zero attached hydrogens (tertiary/aromatic N) is 2. The van der Waals surface area contributed by atoms with Crippen molar-refractivity contribution >= 4 is 5.91 Å². The van der Waals surface area contributed by atoms with E-state index in [1.807, 2.05) is 31.2 Å². The van der Waals surface area contributed by atoms with Crippen LogP contribution in [0.1, 0.15) is 43.5 Å². The van der Waals surface area contributed by atoms with Crippen molar-refractivity contribution < 1.29 is 14.1 Å². The molecule has 0 fully saturated rings. The van der Waals surface area contributed by atoms with Gasteiger partial charge in [-0.25, -0.2) is 0 Å². The molecule has 1 amide bonds. The second-order valence-corrected chi connectivity index (χ2v) is 5.75. The third-order valence-corrected chi connectivity index (χ3v) is 3.47. The van der Waals surface area contributed by atoms with Gasteiger partial charge in [0.1, 0.15) is 5.75 Å². The Balaban J connectivity index is 1.67. The average molecular weight is 331 g/mol. The summed E-state index contributed by atoms with van der Waals surface area (Å²) in [6.07, 6.45) is 3.60. The van der Waals surface area contributed by atoms with Crippen LogP contribution in [0.25, 0.3) is 0 Å². The average Bonchev–Trinajstić information content (AvgIpc) is 2.99. The van der Waals surface area contributed by atoms with Crippen LogP contribution >= 0.6 is 0 Å². The molecule has 0 unspecified atom stereocenters. The molecule has 0 atom stereocenters. The highest BCUT2D eigenvalue weighted by atomic mass is 16.5. The Morgan fingerprint density at radius 2 is 2.21 bits per heavy atom. The summed E-state index contributed by atoms with van der Waals surface area (Å²) in [6.45, 7) is 5.39. The van der Waals surface area contributed by atoms with Crippen molar-refractivity contribution in [1.29, 1.82) is 0 Å². The molecule has 1 aromatic carbocycles. The highest BCUT2D eigenvalue weighted by Crippen LogP contribution is 2.13. The minimum atomic E-state index is -0.0708. The highest BCUT2D eigenvalue weighted by Gasteiger charge is 2.10. The van der Waals surface area contributed by atoms with Crippen LogP contribution in [0.5, 0.6) is 5.75 Å². The van der Waals surface area contributed by atoms with E-state index in [1.54, 1.807) is 0 Å². The van der Waals surface area contributed by atoms with Gasteiger partial charge in [-0.1, -0.05) is 30.6 Å². The number of amides is 1. The standard InChI is InChI=1S/C18H25N3O3/c1-3-4-10-19-17(22)13-16-20-18(24-21-16)9-6-11-23-15-8-5-7-14(2)12-15/h5,7-8,12H,3-4,6,9-11,13H2,1-2H3,(H,19,22). The Morgan fingerprint density at radius 1 is 1.33 bits per heavy atom. The van der Waals surface area contributed by atoms with Crippen molar-refractivity contribution in [2.45, 2.75) is 46.0 Å². The molecule has 0 aliphatic rings. The lowest BCUT2D eigenvalue weighted by molar-refractivity contribution is -0.120. The maximum absolute atomic E-state index is 11.7. The molecule has 0 spiro atoms. The minimum absolute atomic E-state index is 0.0708. The molecule has 24 heavy (non-hydrogen) atoms. The first-order valence-electron chi connectivity index (χ1n) is 8.45. The summed E-state index contributed by atoms with van der Waals surface area (Å²) < 4.78 is 10.8. The van der Waals surface area contributed by atoms with Crippen molar-refractivity contribution in [3.63, 3.8) is 0 Å². The van der Waals surface area contributed by atoms with E-state index in [9.17, 15) is 4.79 Å². The van der Waals surface area contributed by atoms with E-state index >= 15 is 0 Å². The van der Waals surface area contributed by atoms with Crippen LogP contribution in [-0.2, 0) is 17.6 Å². The van der Waals surface area contributed by atoms with Gasteiger partial charge in [0.05, 0.1) is 13.0 Å². The zero-order chi connectivity index (χ0) is 17.2. The molecule has 0 aliphatic carbocycles. The van der Waals surface area contributed by atoms with Crippen LogP contribution in [0.15, 0.2) is 28.8 Å². The molecule has 0 saturated heterocycles. The van der Waals surface area contributed by atoms with E-state index in [2.05, 4.69) is 22.4 Å². The quantitative estimate of drug-likeness (QED) is 0.677. The van der Waals surface area contributed by atoms with E-state index in [-0.39, 0.29) is 12.3 Å². The van der Waals surface area contributed by atoms with Gasteiger partial charge >= 0.3 is 0 Å². The number of hydrogen-bond acceptors (Lipinski definition) is 5. The highest BCUT2D eigenvalue weighted by molar-refractivity contribution is 5.77. The molecule has 1 N–H and O–H groups in total. The predicted octanol–water partition coefficient (Wildman–Crippen LogP) is 2.85. The molecule has 0 aliphatic heterocycles. The third kappa shape index (κ3) is 6.40. The monoisotopic (exact) mass is 331 g/mol.